The maximum Gasteiger partial charge on any atom is 0.166 e. The van der Waals surface area contributed by atoms with E-state index in [0.29, 0.717) is 10.0 Å². The Morgan fingerprint density at radius 1 is 1.50 bits per heavy atom. The van der Waals surface area contributed by atoms with Crippen molar-refractivity contribution >= 4 is 15.9 Å². The molecule has 0 fully saturated rings. The Hall–Kier alpha value is -0.650. The Morgan fingerprint density at radius 2 is 2.14 bits per heavy atom. The van der Waals surface area contributed by atoms with Gasteiger partial charge in [0.15, 0.2) is 11.6 Å². The average molecular weight is 264 g/mol. The molecule has 0 spiro atoms. The first-order valence-electron chi connectivity index (χ1n) is 3.98. The molecule has 0 aromatic heterocycles. The average Bonchev–Trinajstić information content (AvgIpc) is 2.15. The summed E-state index contributed by atoms with van der Waals surface area (Å²) in [6.45, 7) is 1.71. The third-order valence-corrected chi connectivity index (χ3v) is 2.34. The minimum absolute atomic E-state index is 0.158. The lowest BCUT2D eigenvalue weighted by atomic mass is 10.1. The molecule has 0 saturated carbocycles. The van der Waals surface area contributed by atoms with Gasteiger partial charge in [-0.2, -0.15) is 0 Å². The number of nitrogens with two attached hydrogens (primary N) is 1. The second-order valence-electron chi connectivity index (χ2n) is 2.79. The molecule has 2 N–H and O–H groups in total. The molecule has 1 unspecified atom stereocenters. The van der Waals surface area contributed by atoms with Gasteiger partial charge < -0.3 is 4.74 Å². The van der Waals surface area contributed by atoms with Crippen molar-refractivity contribution in [3.8, 4) is 5.75 Å². The largest absolute Gasteiger partial charge is 0.493 e. The number of halogens is 2. The molecule has 14 heavy (non-hydrogen) atoms. The van der Waals surface area contributed by atoms with Gasteiger partial charge in [0.25, 0.3) is 0 Å². The highest BCUT2D eigenvalue weighted by molar-refractivity contribution is 9.10. The van der Waals surface area contributed by atoms with Crippen molar-refractivity contribution in [1.29, 1.82) is 0 Å². The summed E-state index contributed by atoms with van der Waals surface area (Å²) in [7, 11) is 1.40. The van der Waals surface area contributed by atoms with Crippen molar-refractivity contribution in [1.82, 2.24) is 0 Å². The molecular formula is C9H11BrFNO2. The Balaban J connectivity index is 3.24. The van der Waals surface area contributed by atoms with E-state index in [9.17, 15) is 4.39 Å². The lowest BCUT2D eigenvalue weighted by molar-refractivity contribution is 0.0641. The van der Waals surface area contributed by atoms with E-state index in [1.165, 1.54) is 13.2 Å². The zero-order valence-electron chi connectivity index (χ0n) is 7.88. The first-order valence-corrected chi connectivity index (χ1v) is 4.78. The minimum atomic E-state index is -0.444. The van der Waals surface area contributed by atoms with Gasteiger partial charge in [0, 0.05) is 10.0 Å². The molecule has 0 bridgehead atoms. The van der Waals surface area contributed by atoms with Crippen LogP contribution in [-0.4, -0.2) is 7.11 Å². The summed E-state index contributed by atoms with van der Waals surface area (Å²) in [5, 5.41) is 0. The molecule has 78 valence electrons. The molecule has 1 rings (SSSR count). The maximum atomic E-state index is 13.4. The van der Waals surface area contributed by atoms with Crippen LogP contribution in [0.25, 0.3) is 0 Å². The molecule has 0 heterocycles. The fraction of sp³-hybridized carbons (Fsp3) is 0.333. The number of benzene rings is 1. The molecular weight excluding hydrogens is 253 g/mol. The number of rotatable bonds is 3. The second kappa shape index (κ2) is 4.72. The first-order chi connectivity index (χ1) is 6.60. The van der Waals surface area contributed by atoms with Gasteiger partial charge in [-0.25, -0.2) is 10.3 Å². The summed E-state index contributed by atoms with van der Waals surface area (Å²) < 4.78 is 18.9. The Bertz CT molecular complexity index is 333. The quantitative estimate of drug-likeness (QED) is 0.853. The summed E-state index contributed by atoms with van der Waals surface area (Å²) in [5.41, 5.74) is 0.571. The van der Waals surface area contributed by atoms with Gasteiger partial charge >= 0.3 is 0 Å². The molecule has 0 aliphatic rings. The van der Waals surface area contributed by atoms with Gasteiger partial charge in [-0.1, -0.05) is 15.9 Å². The highest BCUT2D eigenvalue weighted by Gasteiger charge is 2.16. The zero-order chi connectivity index (χ0) is 10.7. The second-order valence-corrected chi connectivity index (χ2v) is 3.70. The summed E-state index contributed by atoms with van der Waals surface area (Å²) >= 11 is 3.18. The van der Waals surface area contributed by atoms with E-state index < -0.39 is 11.9 Å². The van der Waals surface area contributed by atoms with Crippen molar-refractivity contribution in [3.63, 3.8) is 0 Å². The molecule has 0 radical (unpaired) electrons. The highest BCUT2D eigenvalue weighted by atomic mass is 79.9. The summed E-state index contributed by atoms with van der Waals surface area (Å²) in [6, 6.07) is 3.03. The van der Waals surface area contributed by atoms with Crippen molar-refractivity contribution < 1.29 is 14.0 Å². The summed E-state index contributed by atoms with van der Waals surface area (Å²) in [4.78, 5) is 4.62. The Kier molecular flexibility index (Phi) is 3.86. The number of methoxy groups -OCH3 is 1. The van der Waals surface area contributed by atoms with E-state index >= 15 is 0 Å². The van der Waals surface area contributed by atoms with Crippen LogP contribution in [0.15, 0.2) is 16.6 Å². The first kappa shape index (κ1) is 11.4. The van der Waals surface area contributed by atoms with Crippen LogP contribution in [0.3, 0.4) is 0 Å². The molecule has 1 aromatic rings. The Labute approximate surface area is 90.1 Å². The Morgan fingerprint density at radius 3 is 2.64 bits per heavy atom. The lowest BCUT2D eigenvalue weighted by Gasteiger charge is -2.14. The van der Waals surface area contributed by atoms with Gasteiger partial charge in [-0.15, -0.1) is 0 Å². The van der Waals surface area contributed by atoms with E-state index in [0.717, 1.165) is 0 Å². The summed E-state index contributed by atoms with van der Waals surface area (Å²) in [5.74, 6) is 4.75. The predicted octanol–water partition coefficient (Wildman–Crippen LogP) is 2.55. The number of ether oxygens (including phenoxy) is 1. The highest BCUT2D eigenvalue weighted by Crippen LogP contribution is 2.32. The fourth-order valence-corrected chi connectivity index (χ4v) is 1.62. The van der Waals surface area contributed by atoms with Crippen LogP contribution in [0.4, 0.5) is 4.39 Å². The van der Waals surface area contributed by atoms with Gasteiger partial charge in [0.2, 0.25) is 0 Å². The predicted molar refractivity (Wildman–Crippen MR) is 54.3 cm³/mol. The monoisotopic (exact) mass is 263 g/mol. The third-order valence-electron chi connectivity index (χ3n) is 1.88. The van der Waals surface area contributed by atoms with Crippen LogP contribution in [0, 0.1) is 5.82 Å². The molecule has 5 heteroatoms. The fourth-order valence-electron chi connectivity index (χ4n) is 1.17. The van der Waals surface area contributed by atoms with E-state index in [2.05, 4.69) is 20.8 Å². The molecule has 0 aliphatic carbocycles. The molecule has 0 saturated heterocycles. The van der Waals surface area contributed by atoms with Gasteiger partial charge in [-0.3, -0.25) is 4.84 Å². The van der Waals surface area contributed by atoms with E-state index in [-0.39, 0.29) is 5.75 Å². The maximum absolute atomic E-state index is 13.4. The van der Waals surface area contributed by atoms with Crippen LogP contribution >= 0.6 is 15.9 Å². The van der Waals surface area contributed by atoms with Crippen LogP contribution in [0.1, 0.15) is 18.6 Å². The number of hydrogen-bond donors (Lipinski definition) is 1. The standard InChI is InChI=1S/C9H11BrFNO2/c1-5(14-12)7-3-6(10)4-8(11)9(7)13-2/h3-5H,12H2,1-2H3. The number of hydrogen-bond acceptors (Lipinski definition) is 3. The zero-order valence-corrected chi connectivity index (χ0v) is 9.47. The topological polar surface area (TPSA) is 44.5 Å². The van der Waals surface area contributed by atoms with Crippen molar-refractivity contribution in [2.75, 3.05) is 7.11 Å². The van der Waals surface area contributed by atoms with Crippen LogP contribution < -0.4 is 10.6 Å². The van der Waals surface area contributed by atoms with E-state index in [1.807, 2.05) is 0 Å². The van der Waals surface area contributed by atoms with E-state index in [1.54, 1.807) is 13.0 Å². The molecule has 1 atom stereocenters. The molecule has 0 aliphatic heterocycles. The van der Waals surface area contributed by atoms with Gasteiger partial charge in [0.1, 0.15) is 6.10 Å². The van der Waals surface area contributed by atoms with E-state index in [4.69, 9.17) is 10.6 Å². The summed E-state index contributed by atoms with van der Waals surface area (Å²) in [6.07, 6.45) is -0.419. The van der Waals surface area contributed by atoms with Crippen LogP contribution in [-0.2, 0) is 4.84 Å². The van der Waals surface area contributed by atoms with Gasteiger partial charge in [0.05, 0.1) is 7.11 Å². The third kappa shape index (κ3) is 2.23. The van der Waals surface area contributed by atoms with Crippen molar-refractivity contribution in [2.45, 2.75) is 13.0 Å². The SMILES string of the molecule is COc1c(F)cc(Br)cc1C(C)ON. The smallest absolute Gasteiger partial charge is 0.166 e. The van der Waals surface area contributed by atoms with Gasteiger partial charge in [-0.05, 0) is 19.1 Å². The molecule has 1 aromatic carbocycles. The van der Waals surface area contributed by atoms with Crippen molar-refractivity contribution in [2.24, 2.45) is 5.90 Å². The molecule has 0 amide bonds. The van der Waals surface area contributed by atoms with Crippen LogP contribution in [0.5, 0.6) is 5.75 Å². The van der Waals surface area contributed by atoms with Crippen molar-refractivity contribution in [3.05, 3.63) is 28.0 Å². The van der Waals surface area contributed by atoms with Crippen LogP contribution in [0.2, 0.25) is 0 Å². The normalized spacial score (nSPS) is 12.6. The minimum Gasteiger partial charge on any atom is -0.493 e. The molecule has 3 nitrogen and oxygen atoms in total. The lowest BCUT2D eigenvalue weighted by Crippen LogP contribution is -2.08.